The Bertz CT molecular complexity index is 1200. The average molecular weight is 441 g/mol. The summed E-state index contributed by atoms with van der Waals surface area (Å²) in [7, 11) is 3.12. The molecule has 30 heavy (non-hydrogen) atoms. The number of rotatable bonds is 7. The summed E-state index contributed by atoms with van der Waals surface area (Å²) >= 11 is 3.18. The highest BCUT2D eigenvalue weighted by molar-refractivity contribution is 8.00. The number of methoxy groups -OCH3 is 2. The van der Waals surface area contributed by atoms with Crippen molar-refractivity contribution < 1.29 is 18.7 Å². The van der Waals surface area contributed by atoms with Crippen molar-refractivity contribution in [3.05, 3.63) is 64.9 Å². The van der Waals surface area contributed by atoms with Crippen molar-refractivity contribution in [1.29, 1.82) is 0 Å². The number of nitrogens with one attached hydrogen (secondary N) is 1. The molecule has 0 atom stereocenters. The first-order valence-electron chi connectivity index (χ1n) is 9.17. The Morgan fingerprint density at radius 2 is 2.03 bits per heavy atom. The number of para-hydroxylation sites is 1. The molecule has 1 N–H and O–H groups in total. The van der Waals surface area contributed by atoms with Gasteiger partial charge in [-0.15, -0.1) is 11.3 Å². The lowest BCUT2D eigenvalue weighted by molar-refractivity contribution is 0.0997. The number of aromatic nitrogens is 1. The maximum Gasteiger partial charge on any atom is 0.291 e. The molecule has 4 aromatic rings. The molecular formula is C22H20N2O4S2. The van der Waals surface area contributed by atoms with E-state index in [0.717, 1.165) is 21.0 Å². The standard InChI is InChI=1S/C22H20N2O4S2/c1-13-11-29-22(23-13)30-12-16-15-6-4-5-7-18(15)28-20(16)21(25)24-17-10-14(26-2)8-9-19(17)27-3/h4-11H,12H2,1-3H3,(H,24,25). The van der Waals surface area contributed by atoms with Crippen LogP contribution in [0, 0.1) is 6.92 Å². The first-order chi connectivity index (χ1) is 14.6. The summed E-state index contributed by atoms with van der Waals surface area (Å²) in [5.41, 5.74) is 3.01. The molecule has 0 aliphatic heterocycles. The van der Waals surface area contributed by atoms with Crippen LogP contribution >= 0.6 is 23.1 Å². The second kappa shape index (κ2) is 8.81. The number of amides is 1. The molecule has 1 amide bonds. The van der Waals surface area contributed by atoms with Crippen LogP contribution in [0.1, 0.15) is 21.8 Å². The van der Waals surface area contributed by atoms with Crippen LogP contribution in [0.4, 0.5) is 5.69 Å². The van der Waals surface area contributed by atoms with E-state index in [2.05, 4.69) is 10.3 Å². The van der Waals surface area contributed by atoms with Gasteiger partial charge < -0.3 is 19.2 Å². The van der Waals surface area contributed by atoms with Crippen molar-refractivity contribution in [2.75, 3.05) is 19.5 Å². The minimum atomic E-state index is -0.344. The number of carbonyl (C=O) groups excluding carboxylic acids is 1. The molecule has 0 spiro atoms. The second-order valence-corrected chi connectivity index (χ2v) is 8.55. The number of carbonyl (C=O) groups is 1. The van der Waals surface area contributed by atoms with E-state index < -0.39 is 0 Å². The van der Waals surface area contributed by atoms with Gasteiger partial charge in [-0.25, -0.2) is 4.98 Å². The number of hydrogen-bond donors (Lipinski definition) is 1. The Kier molecular flexibility index (Phi) is 5.96. The van der Waals surface area contributed by atoms with E-state index in [1.807, 2.05) is 36.6 Å². The van der Waals surface area contributed by atoms with E-state index in [1.54, 1.807) is 55.5 Å². The lowest BCUT2D eigenvalue weighted by atomic mass is 10.1. The van der Waals surface area contributed by atoms with Crippen LogP contribution in [0.25, 0.3) is 11.0 Å². The normalized spacial score (nSPS) is 10.9. The van der Waals surface area contributed by atoms with Gasteiger partial charge in [0.2, 0.25) is 0 Å². The predicted molar refractivity (Wildman–Crippen MR) is 120 cm³/mol. The number of nitrogens with zero attached hydrogens (tertiary/aromatic N) is 1. The lowest BCUT2D eigenvalue weighted by Gasteiger charge is -2.11. The van der Waals surface area contributed by atoms with Crippen molar-refractivity contribution in [2.24, 2.45) is 0 Å². The zero-order valence-electron chi connectivity index (χ0n) is 16.7. The highest BCUT2D eigenvalue weighted by Crippen LogP contribution is 2.35. The summed E-state index contributed by atoms with van der Waals surface area (Å²) in [6.45, 7) is 1.97. The first-order valence-corrected chi connectivity index (χ1v) is 11.0. The molecule has 0 fully saturated rings. The van der Waals surface area contributed by atoms with Crippen LogP contribution in [-0.2, 0) is 5.75 Å². The van der Waals surface area contributed by atoms with Gasteiger partial charge in [-0.05, 0) is 25.1 Å². The maximum atomic E-state index is 13.2. The maximum absolute atomic E-state index is 13.2. The minimum Gasteiger partial charge on any atom is -0.497 e. The highest BCUT2D eigenvalue weighted by Gasteiger charge is 2.22. The van der Waals surface area contributed by atoms with Crippen molar-refractivity contribution >= 4 is 45.7 Å². The monoisotopic (exact) mass is 440 g/mol. The Balaban J connectivity index is 1.67. The molecular weight excluding hydrogens is 420 g/mol. The summed E-state index contributed by atoms with van der Waals surface area (Å²) in [6, 6.07) is 12.9. The zero-order chi connectivity index (χ0) is 21.1. The summed E-state index contributed by atoms with van der Waals surface area (Å²) < 4.78 is 17.5. The molecule has 0 unspecified atom stereocenters. The average Bonchev–Trinajstić information content (AvgIpc) is 3.35. The number of anilines is 1. The SMILES string of the molecule is COc1ccc(OC)c(NC(=O)c2oc3ccccc3c2CSc2nc(C)cs2)c1. The number of thioether (sulfide) groups is 1. The third-order valence-corrected chi connectivity index (χ3v) is 6.66. The Hall–Kier alpha value is -2.97. The largest absolute Gasteiger partial charge is 0.497 e. The van der Waals surface area contributed by atoms with Gasteiger partial charge in [-0.3, -0.25) is 4.79 Å². The summed E-state index contributed by atoms with van der Waals surface area (Å²) in [6.07, 6.45) is 0. The molecule has 2 aromatic heterocycles. The summed E-state index contributed by atoms with van der Waals surface area (Å²) in [5, 5.41) is 5.83. The van der Waals surface area contributed by atoms with Gasteiger partial charge in [0, 0.05) is 33.8 Å². The first kappa shape index (κ1) is 20.3. The topological polar surface area (TPSA) is 73.6 Å². The highest BCUT2D eigenvalue weighted by atomic mass is 32.2. The molecule has 0 aliphatic carbocycles. The van der Waals surface area contributed by atoms with Gasteiger partial charge >= 0.3 is 0 Å². The smallest absolute Gasteiger partial charge is 0.291 e. The number of hydrogen-bond acceptors (Lipinski definition) is 7. The molecule has 0 radical (unpaired) electrons. The quantitative estimate of drug-likeness (QED) is 0.368. The molecule has 6 nitrogen and oxygen atoms in total. The van der Waals surface area contributed by atoms with E-state index in [0.29, 0.717) is 28.5 Å². The number of furan rings is 1. The minimum absolute atomic E-state index is 0.279. The molecule has 8 heteroatoms. The van der Waals surface area contributed by atoms with Crippen LogP contribution < -0.4 is 14.8 Å². The van der Waals surface area contributed by atoms with Gasteiger partial charge in [0.15, 0.2) is 5.76 Å². The molecule has 0 saturated heterocycles. The van der Waals surface area contributed by atoms with Crippen LogP contribution in [0.2, 0.25) is 0 Å². The fourth-order valence-electron chi connectivity index (χ4n) is 3.05. The van der Waals surface area contributed by atoms with Crippen molar-refractivity contribution in [2.45, 2.75) is 17.0 Å². The van der Waals surface area contributed by atoms with E-state index in [1.165, 1.54) is 0 Å². The van der Waals surface area contributed by atoms with Crippen molar-refractivity contribution in [1.82, 2.24) is 4.98 Å². The van der Waals surface area contributed by atoms with Crippen LogP contribution in [-0.4, -0.2) is 25.1 Å². The third kappa shape index (κ3) is 4.15. The van der Waals surface area contributed by atoms with Gasteiger partial charge in [-0.1, -0.05) is 30.0 Å². The van der Waals surface area contributed by atoms with Gasteiger partial charge in [0.05, 0.1) is 19.9 Å². The molecule has 4 rings (SSSR count). The zero-order valence-corrected chi connectivity index (χ0v) is 18.4. The summed E-state index contributed by atoms with van der Waals surface area (Å²) in [5.74, 6) is 1.66. The molecule has 154 valence electrons. The van der Waals surface area contributed by atoms with E-state index in [9.17, 15) is 4.79 Å². The van der Waals surface area contributed by atoms with Crippen LogP contribution in [0.5, 0.6) is 11.5 Å². The van der Waals surface area contributed by atoms with Gasteiger partial charge in [0.25, 0.3) is 5.91 Å². The van der Waals surface area contributed by atoms with Crippen molar-refractivity contribution in [3.63, 3.8) is 0 Å². The lowest BCUT2D eigenvalue weighted by Crippen LogP contribution is -2.13. The van der Waals surface area contributed by atoms with E-state index in [4.69, 9.17) is 13.9 Å². The van der Waals surface area contributed by atoms with Crippen LogP contribution in [0.3, 0.4) is 0 Å². The molecule has 0 aliphatic rings. The van der Waals surface area contributed by atoms with E-state index in [-0.39, 0.29) is 11.7 Å². The Morgan fingerprint density at radius 3 is 2.77 bits per heavy atom. The van der Waals surface area contributed by atoms with E-state index >= 15 is 0 Å². The number of fused-ring (bicyclic) bond motifs is 1. The number of aryl methyl sites for hydroxylation is 1. The fourth-order valence-corrected chi connectivity index (χ4v) is 4.93. The molecule has 2 heterocycles. The van der Waals surface area contributed by atoms with Crippen molar-refractivity contribution in [3.8, 4) is 11.5 Å². The number of ether oxygens (including phenoxy) is 2. The number of thiazole rings is 1. The molecule has 0 bridgehead atoms. The third-order valence-electron chi connectivity index (χ3n) is 4.50. The number of benzene rings is 2. The molecule has 2 aromatic carbocycles. The fraction of sp³-hybridized carbons (Fsp3) is 0.182. The Labute approximate surface area is 182 Å². The molecule has 0 saturated carbocycles. The van der Waals surface area contributed by atoms with Crippen LogP contribution in [0.15, 0.2) is 56.6 Å². The predicted octanol–water partition coefficient (Wildman–Crippen LogP) is 5.76. The second-order valence-electron chi connectivity index (χ2n) is 6.47. The van der Waals surface area contributed by atoms with Gasteiger partial charge in [0.1, 0.15) is 21.4 Å². The van der Waals surface area contributed by atoms with Gasteiger partial charge in [-0.2, -0.15) is 0 Å². The Morgan fingerprint density at radius 1 is 1.20 bits per heavy atom. The summed E-state index contributed by atoms with van der Waals surface area (Å²) in [4.78, 5) is 17.7.